The first-order valence-electron chi connectivity index (χ1n) is 6.85. The molecule has 0 bridgehead atoms. The first kappa shape index (κ1) is 16.0. The SMILES string of the molecule is CCCC(NC(=O)c1cnn(-c2ccc(Cl)cc2)c1)C(=O)O. The van der Waals surface area contributed by atoms with Gasteiger partial charge in [-0.1, -0.05) is 24.9 Å². The zero-order valence-corrected chi connectivity index (χ0v) is 12.7. The molecule has 0 radical (unpaired) electrons. The van der Waals surface area contributed by atoms with Gasteiger partial charge in [0.15, 0.2) is 0 Å². The smallest absolute Gasteiger partial charge is 0.326 e. The lowest BCUT2D eigenvalue weighted by atomic mass is 10.1. The second-order valence-electron chi connectivity index (χ2n) is 4.80. The molecule has 6 nitrogen and oxygen atoms in total. The highest BCUT2D eigenvalue weighted by molar-refractivity contribution is 6.30. The van der Waals surface area contributed by atoms with E-state index in [2.05, 4.69) is 10.4 Å². The second-order valence-corrected chi connectivity index (χ2v) is 5.24. The van der Waals surface area contributed by atoms with Crippen LogP contribution in [0.2, 0.25) is 5.02 Å². The quantitative estimate of drug-likeness (QED) is 0.856. The van der Waals surface area contributed by atoms with Crippen molar-refractivity contribution in [2.75, 3.05) is 0 Å². The molecule has 2 rings (SSSR count). The predicted molar refractivity (Wildman–Crippen MR) is 82.4 cm³/mol. The number of hydrogen-bond acceptors (Lipinski definition) is 3. The average molecular weight is 322 g/mol. The summed E-state index contributed by atoms with van der Waals surface area (Å²) in [6.45, 7) is 1.86. The summed E-state index contributed by atoms with van der Waals surface area (Å²) in [5.74, 6) is -1.50. The molecule has 0 saturated heterocycles. The lowest BCUT2D eigenvalue weighted by Gasteiger charge is -2.12. The highest BCUT2D eigenvalue weighted by Crippen LogP contribution is 2.13. The Labute approximate surface area is 132 Å². The van der Waals surface area contributed by atoms with Gasteiger partial charge in [0.25, 0.3) is 5.91 Å². The van der Waals surface area contributed by atoms with E-state index in [0.29, 0.717) is 23.4 Å². The maximum absolute atomic E-state index is 12.1. The van der Waals surface area contributed by atoms with Crippen LogP contribution in [0.3, 0.4) is 0 Å². The highest BCUT2D eigenvalue weighted by atomic mass is 35.5. The number of carbonyl (C=O) groups is 2. The van der Waals surface area contributed by atoms with Crippen molar-refractivity contribution in [1.82, 2.24) is 15.1 Å². The van der Waals surface area contributed by atoms with Crippen LogP contribution < -0.4 is 5.32 Å². The van der Waals surface area contributed by atoms with Gasteiger partial charge in [-0.05, 0) is 30.7 Å². The maximum Gasteiger partial charge on any atom is 0.326 e. The number of rotatable bonds is 6. The molecule has 0 fully saturated rings. The van der Waals surface area contributed by atoms with Gasteiger partial charge in [-0.25, -0.2) is 9.48 Å². The van der Waals surface area contributed by atoms with E-state index in [1.165, 1.54) is 10.9 Å². The van der Waals surface area contributed by atoms with E-state index in [9.17, 15) is 9.59 Å². The number of amides is 1. The molecule has 1 heterocycles. The van der Waals surface area contributed by atoms with Crippen molar-refractivity contribution >= 4 is 23.5 Å². The van der Waals surface area contributed by atoms with E-state index in [1.807, 2.05) is 6.92 Å². The third-order valence-electron chi connectivity index (χ3n) is 3.12. The molecule has 0 aliphatic rings. The number of aliphatic carboxylic acids is 1. The maximum atomic E-state index is 12.1. The van der Waals surface area contributed by atoms with Gasteiger partial charge in [0.1, 0.15) is 6.04 Å². The standard InChI is InChI=1S/C15H16ClN3O3/c1-2-3-13(15(21)22)18-14(20)10-8-17-19(9-10)12-6-4-11(16)5-7-12/h4-9,13H,2-3H2,1H3,(H,18,20)(H,21,22). The van der Waals surface area contributed by atoms with Crippen molar-refractivity contribution in [2.24, 2.45) is 0 Å². The monoisotopic (exact) mass is 321 g/mol. The summed E-state index contributed by atoms with van der Waals surface area (Å²) >= 11 is 5.82. The van der Waals surface area contributed by atoms with Gasteiger partial charge >= 0.3 is 5.97 Å². The Kier molecular flexibility index (Phi) is 5.16. The number of aromatic nitrogens is 2. The Balaban J connectivity index is 2.11. The molecule has 0 aliphatic heterocycles. The third-order valence-corrected chi connectivity index (χ3v) is 3.37. The molecular formula is C15H16ClN3O3. The van der Waals surface area contributed by atoms with Crippen LogP contribution in [0, 0.1) is 0 Å². The summed E-state index contributed by atoms with van der Waals surface area (Å²) in [6, 6.07) is 6.10. The zero-order valence-electron chi connectivity index (χ0n) is 12.0. The number of benzene rings is 1. The molecule has 2 aromatic rings. The van der Waals surface area contributed by atoms with Crippen LogP contribution in [0.5, 0.6) is 0 Å². The van der Waals surface area contributed by atoms with E-state index in [1.54, 1.807) is 30.5 Å². The Morgan fingerprint density at radius 3 is 2.64 bits per heavy atom. The topological polar surface area (TPSA) is 84.2 Å². The Morgan fingerprint density at radius 1 is 1.36 bits per heavy atom. The number of nitrogens with one attached hydrogen (secondary N) is 1. The van der Waals surface area contributed by atoms with E-state index in [4.69, 9.17) is 16.7 Å². The van der Waals surface area contributed by atoms with Gasteiger partial charge in [-0.2, -0.15) is 5.10 Å². The zero-order chi connectivity index (χ0) is 16.1. The van der Waals surface area contributed by atoms with Crippen molar-refractivity contribution in [3.8, 4) is 5.69 Å². The van der Waals surface area contributed by atoms with Gasteiger partial charge in [-0.3, -0.25) is 4.79 Å². The Hall–Kier alpha value is -2.34. The number of carboxylic acid groups (broad SMARTS) is 1. The summed E-state index contributed by atoms with van der Waals surface area (Å²) in [4.78, 5) is 23.2. The van der Waals surface area contributed by atoms with Crippen LogP contribution in [-0.4, -0.2) is 32.8 Å². The van der Waals surface area contributed by atoms with Crippen LogP contribution in [-0.2, 0) is 4.79 Å². The molecule has 0 spiro atoms. The van der Waals surface area contributed by atoms with Gasteiger partial charge in [0, 0.05) is 11.2 Å². The molecule has 1 unspecified atom stereocenters. The molecule has 1 atom stereocenters. The van der Waals surface area contributed by atoms with Gasteiger partial charge in [0.2, 0.25) is 0 Å². The molecule has 116 valence electrons. The fourth-order valence-corrected chi connectivity index (χ4v) is 2.09. The van der Waals surface area contributed by atoms with Gasteiger partial charge in [-0.15, -0.1) is 0 Å². The molecule has 1 aromatic heterocycles. The molecule has 1 amide bonds. The lowest BCUT2D eigenvalue weighted by molar-refractivity contribution is -0.139. The van der Waals surface area contributed by atoms with E-state index in [-0.39, 0.29) is 0 Å². The summed E-state index contributed by atoms with van der Waals surface area (Å²) in [5, 5.41) is 16.3. The third kappa shape index (κ3) is 3.85. The largest absolute Gasteiger partial charge is 0.480 e. The normalized spacial score (nSPS) is 11.9. The number of carboxylic acids is 1. The minimum absolute atomic E-state index is 0.303. The number of halogens is 1. The molecule has 1 aromatic carbocycles. The van der Waals surface area contributed by atoms with Crippen LogP contribution in [0.4, 0.5) is 0 Å². The van der Waals surface area contributed by atoms with Gasteiger partial charge in [0.05, 0.1) is 17.4 Å². The number of hydrogen-bond donors (Lipinski definition) is 2. The first-order chi connectivity index (χ1) is 10.5. The van der Waals surface area contributed by atoms with Gasteiger partial charge < -0.3 is 10.4 Å². The average Bonchev–Trinajstić information content (AvgIpc) is 2.97. The van der Waals surface area contributed by atoms with Crippen molar-refractivity contribution in [3.05, 3.63) is 47.2 Å². The van der Waals surface area contributed by atoms with Crippen LogP contribution in [0.1, 0.15) is 30.1 Å². The molecule has 7 heteroatoms. The molecule has 22 heavy (non-hydrogen) atoms. The van der Waals surface area contributed by atoms with E-state index >= 15 is 0 Å². The first-order valence-corrected chi connectivity index (χ1v) is 7.23. The summed E-state index contributed by atoms with van der Waals surface area (Å²) < 4.78 is 1.53. The number of carbonyl (C=O) groups excluding carboxylic acids is 1. The fourth-order valence-electron chi connectivity index (χ4n) is 1.96. The molecule has 0 aliphatic carbocycles. The van der Waals surface area contributed by atoms with Crippen molar-refractivity contribution in [1.29, 1.82) is 0 Å². The van der Waals surface area contributed by atoms with Crippen LogP contribution in [0.15, 0.2) is 36.7 Å². The highest BCUT2D eigenvalue weighted by Gasteiger charge is 2.20. The fraction of sp³-hybridized carbons (Fsp3) is 0.267. The molecular weight excluding hydrogens is 306 g/mol. The number of nitrogens with zero attached hydrogens (tertiary/aromatic N) is 2. The minimum atomic E-state index is -1.04. The molecule has 2 N–H and O–H groups in total. The van der Waals surface area contributed by atoms with Crippen LogP contribution >= 0.6 is 11.6 Å². The Morgan fingerprint density at radius 2 is 2.05 bits per heavy atom. The summed E-state index contributed by atoms with van der Waals surface area (Å²) in [6.07, 6.45) is 3.99. The van der Waals surface area contributed by atoms with Crippen molar-refractivity contribution in [2.45, 2.75) is 25.8 Å². The van der Waals surface area contributed by atoms with Crippen LogP contribution in [0.25, 0.3) is 5.69 Å². The summed E-state index contributed by atoms with van der Waals surface area (Å²) in [5.41, 5.74) is 1.06. The van der Waals surface area contributed by atoms with Crippen molar-refractivity contribution in [3.63, 3.8) is 0 Å². The minimum Gasteiger partial charge on any atom is -0.480 e. The summed E-state index contributed by atoms with van der Waals surface area (Å²) in [7, 11) is 0. The Bertz CT molecular complexity index is 667. The van der Waals surface area contributed by atoms with E-state index < -0.39 is 17.9 Å². The predicted octanol–water partition coefficient (Wildman–Crippen LogP) is 2.51. The second kappa shape index (κ2) is 7.09. The lowest BCUT2D eigenvalue weighted by Crippen LogP contribution is -2.40. The van der Waals surface area contributed by atoms with Crippen molar-refractivity contribution < 1.29 is 14.7 Å². The molecule has 0 saturated carbocycles. The van der Waals surface area contributed by atoms with E-state index in [0.717, 1.165) is 5.69 Å².